The third-order valence-corrected chi connectivity index (χ3v) is 3.47. The van der Waals surface area contributed by atoms with E-state index in [9.17, 15) is 4.79 Å². The van der Waals surface area contributed by atoms with Crippen LogP contribution in [0.3, 0.4) is 0 Å². The molecule has 0 aliphatic heterocycles. The Kier molecular flexibility index (Phi) is 7.17. The average Bonchev–Trinajstić information content (AvgIpc) is 2.52. The number of carbonyl (C=O) groups excluding carboxylic acids is 1. The van der Waals surface area contributed by atoms with Crippen LogP contribution in [0.4, 0.5) is 0 Å². The SMILES string of the molecule is CCOC(=O)C[C@H](N)c1cc(Br)cs1.Cl. The molecule has 86 valence electrons. The van der Waals surface area contributed by atoms with Crippen LogP contribution in [0.2, 0.25) is 0 Å². The summed E-state index contributed by atoms with van der Waals surface area (Å²) in [6.45, 7) is 2.19. The minimum absolute atomic E-state index is 0. The first-order valence-corrected chi connectivity index (χ1v) is 5.96. The van der Waals surface area contributed by atoms with Gasteiger partial charge < -0.3 is 10.5 Å². The standard InChI is InChI=1S/C9H12BrNO2S.ClH/c1-2-13-9(12)4-7(11)8-3-6(10)5-14-8;/h3,5,7H,2,4,11H2,1H3;1H/t7-;/m0./s1. The monoisotopic (exact) mass is 313 g/mol. The van der Waals surface area contributed by atoms with Gasteiger partial charge in [0.1, 0.15) is 0 Å². The molecule has 0 aromatic carbocycles. The largest absolute Gasteiger partial charge is 0.466 e. The predicted octanol–water partition coefficient (Wildman–Crippen LogP) is 2.89. The van der Waals surface area contributed by atoms with Crippen molar-refractivity contribution in [2.75, 3.05) is 6.61 Å². The van der Waals surface area contributed by atoms with Gasteiger partial charge in [0.15, 0.2) is 0 Å². The molecule has 0 aliphatic rings. The Morgan fingerprint density at radius 2 is 2.40 bits per heavy atom. The van der Waals surface area contributed by atoms with Crippen molar-refractivity contribution >= 4 is 45.6 Å². The molecular formula is C9H13BrClNO2S. The number of thiophene rings is 1. The van der Waals surface area contributed by atoms with Gasteiger partial charge in [-0.15, -0.1) is 23.7 Å². The first-order chi connectivity index (χ1) is 6.63. The van der Waals surface area contributed by atoms with Gasteiger partial charge in [-0.1, -0.05) is 0 Å². The maximum atomic E-state index is 11.1. The highest BCUT2D eigenvalue weighted by Crippen LogP contribution is 2.26. The molecule has 1 atom stereocenters. The Bertz CT molecular complexity index is 319. The normalized spacial score (nSPS) is 11.7. The molecule has 0 saturated carbocycles. The summed E-state index contributed by atoms with van der Waals surface area (Å²) in [6, 6.07) is 1.67. The molecule has 15 heavy (non-hydrogen) atoms. The summed E-state index contributed by atoms with van der Waals surface area (Å²) in [5.41, 5.74) is 5.83. The fraction of sp³-hybridized carbons (Fsp3) is 0.444. The highest BCUT2D eigenvalue weighted by atomic mass is 79.9. The molecule has 6 heteroatoms. The van der Waals surface area contributed by atoms with Gasteiger partial charge in [-0.25, -0.2) is 0 Å². The third kappa shape index (κ3) is 4.97. The lowest BCUT2D eigenvalue weighted by atomic mass is 10.2. The fourth-order valence-corrected chi connectivity index (χ4v) is 2.47. The first-order valence-electron chi connectivity index (χ1n) is 4.28. The molecule has 0 bridgehead atoms. The molecule has 0 unspecified atom stereocenters. The van der Waals surface area contributed by atoms with Crippen LogP contribution in [-0.4, -0.2) is 12.6 Å². The van der Waals surface area contributed by atoms with Crippen LogP contribution < -0.4 is 5.73 Å². The van der Waals surface area contributed by atoms with E-state index in [0.717, 1.165) is 9.35 Å². The van der Waals surface area contributed by atoms with Crippen LogP contribution in [0.15, 0.2) is 15.9 Å². The summed E-state index contributed by atoms with van der Waals surface area (Å²) >= 11 is 4.87. The van der Waals surface area contributed by atoms with Crippen molar-refractivity contribution in [1.82, 2.24) is 0 Å². The van der Waals surface area contributed by atoms with E-state index in [4.69, 9.17) is 10.5 Å². The van der Waals surface area contributed by atoms with Gasteiger partial charge in [0.05, 0.1) is 13.0 Å². The van der Waals surface area contributed by atoms with E-state index < -0.39 is 0 Å². The summed E-state index contributed by atoms with van der Waals surface area (Å²) in [4.78, 5) is 12.1. The second kappa shape index (κ2) is 7.22. The molecule has 0 spiro atoms. The van der Waals surface area contributed by atoms with E-state index in [1.165, 1.54) is 11.3 Å². The van der Waals surface area contributed by atoms with Crippen LogP contribution in [0, 0.1) is 0 Å². The highest BCUT2D eigenvalue weighted by molar-refractivity contribution is 9.10. The van der Waals surface area contributed by atoms with E-state index in [1.54, 1.807) is 6.92 Å². The van der Waals surface area contributed by atoms with Crippen LogP contribution in [0.5, 0.6) is 0 Å². The molecule has 1 aromatic heterocycles. The van der Waals surface area contributed by atoms with Gasteiger partial charge in [-0.05, 0) is 28.9 Å². The minimum atomic E-state index is -0.259. The highest BCUT2D eigenvalue weighted by Gasteiger charge is 2.13. The van der Waals surface area contributed by atoms with Crippen molar-refractivity contribution in [3.05, 3.63) is 20.8 Å². The smallest absolute Gasteiger partial charge is 0.307 e. The summed E-state index contributed by atoms with van der Waals surface area (Å²) in [5.74, 6) is -0.246. The Hall–Kier alpha value is -0.100. The second-order valence-corrected chi connectivity index (χ2v) is 4.64. The van der Waals surface area contributed by atoms with Gasteiger partial charge in [-0.2, -0.15) is 0 Å². The van der Waals surface area contributed by atoms with Crippen LogP contribution in [0.25, 0.3) is 0 Å². The quantitative estimate of drug-likeness (QED) is 0.869. The lowest BCUT2D eigenvalue weighted by molar-refractivity contribution is -0.143. The first kappa shape index (κ1) is 14.9. The zero-order chi connectivity index (χ0) is 10.6. The number of ether oxygens (including phenoxy) is 1. The maximum absolute atomic E-state index is 11.1. The predicted molar refractivity (Wildman–Crippen MR) is 67.4 cm³/mol. The molecule has 0 saturated heterocycles. The number of hydrogen-bond donors (Lipinski definition) is 1. The lowest BCUT2D eigenvalue weighted by Crippen LogP contribution is -2.16. The molecular weight excluding hydrogens is 302 g/mol. The average molecular weight is 315 g/mol. The van der Waals surface area contributed by atoms with Crippen molar-refractivity contribution < 1.29 is 9.53 Å². The van der Waals surface area contributed by atoms with E-state index in [-0.39, 0.29) is 30.8 Å². The Morgan fingerprint density at radius 3 is 2.87 bits per heavy atom. The van der Waals surface area contributed by atoms with Crippen molar-refractivity contribution in [3.8, 4) is 0 Å². The minimum Gasteiger partial charge on any atom is -0.466 e. The van der Waals surface area contributed by atoms with Crippen LogP contribution >= 0.6 is 39.7 Å². The Morgan fingerprint density at radius 1 is 1.73 bits per heavy atom. The molecule has 2 N–H and O–H groups in total. The third-order valence-electron chi connectivity index (χ3n) is 1.65. The van der Waals surface area contributed by atoms with Crippen LogP contribution in [0.1, 0.15) is 24.3 Å². The topological polar surface area (TPSA) is 52.3 Å². The number of esters is 1. The van der Waals surface area contributed by atoms with Crippen molar-refractivity contribution in [1.29, 1.82) is 0 Å². The molecule has 3 nitrogen and oxygen atoms in total. The second-order valence-electron chi connectivity index (χ2n) is 2.78. The molecule has 1 aromatic rings. The summed E-state index contributed by atoms with van der Waals surface area (Å²) in [5, 5.41) is 1.94. The van der Waals surface area contributed by atoms with Gasteiger partial charge in [0.2, 0.25) is 0 Å². The zero-order valence-corrected chi connectivity index (χ0v) is 11.5. The molecule has 0 amide bonds. The van der Waals surface area contributed by atoms with E-state index in [2.05, 4.69) is 15.9 Å². The summed E-state index contributed by atoms with van der Waals surface area (Å²) in [7, 11) is 0. The van der Waals surface area contributed by atoms with Gasteiger partial charge in [0, 0.05) is 20.8 Å². The van der Waals surface area contributed by atoms with Crippen molar-refractivity contribution in [3.63, 3.8) is 0 Å². The maximum Gasteiger partial charge on any atom is 0.307 e. The number of rotatable bonds is 4. The van der Waals surface area contributed by atoms with E-state index >= 15 is 0 Å². The molecule has 0 aliphatic carbocycles. The van der Waals surface area contributed by atoms with Gasteiger partial charge in [-0.3, -0.25) is 4.79 Å². The van der Waals surface area contributed by atoms with Gasteiger partial charge in [0.25, 0.3) is 0 Å². The summed E-state index contributed by atoms with van der Waals surface area (Å²) < 4.78 is 5.81. The van der Waals surface area contributed by atoms with Crippen molar-refractivity contribution in [2.45, 2.75) is 19.4 Å². The number of hydrogen-bond acceptors (Lipinski definition) is 4. The molecule has 1 rings (SSSR count). The Balaban J connectivity index is 0.00000196. The number of carbonyl (C=O) groups is 1. The van der Waals surface area contributed by atoms with E-state index in [1.807, 2.05) is 11.4 Å². The fourth-order valence-electron chi connectivity index (χ4n) is 1.02. The Labute approximate surface area is 108 Å². The molecule has 0 radical (unpaired) electrons. The van der Waals surface area contributed by atoms with Crippen LogP contribution in [-0.2, 0) is 9.53 Å². The molecule has 1 heterocycles. The van der Waals surface area contributed by atoms with Gasteiger partial charge >= 0.3 is 5.97 Å². The van der Waals surface area contributed by atoms with Crippen molar-refractivity contribution in [2.24, 2.45) is 5.73 Å². The summed E-state index contributed by atoms with van der Waals surface area (Å²) in [6.07, 6.45) is 0.237. The number of halogens is 2. The number of nitrogens with two attached hydrogens (primary N) is 1. The molecule has 0 fully saturated rings. The lowest BCUT2D eigenvalue weighted by Gasteiger charge is -2.07. The van der Waals surface area contributed by atoms with E-state index in [0.29, 0.717) is 6.61 Å². The zero-order valence-electron chi connectivity index (χ0n) is 8.23.